The summed E-state index contributed by atoms with van der Waals surface area (Å²) < 4.78 is 5.34. The minimum absolute atomic E-state index is 0.161. The number of aliphatic hydroxyl groups excluding tert-OH is 1. The van der Waals surface area contributed by atoms with Gasteiger partial charge in [0.25, 0.3) is 0 Å². The van der Waals surface area contributed by atoms with Crippen molar-refractivity contribution in [3.05, 3.63) is 41.6 Å². The maximum absolute atomic E-state index is 9.50. The van der Waals surface area contributed by atoms with Crippen molar-refractivity contribution in [3.63, 3.8) is 0 Å². The molecule has 3 N–H and O–H groups in total. The summed E-state index contributed by atoms with van der Waals surface area (Å²) in [6, 6.07) is 8.22. The highest BCUT2D eigenvalue weighted by Gasteiger charge is 2.28. The Morgan fingerprint density at radius 2 is 2.15 bits per heavy atom. The van der Waals surface area contributed by atoms with Crippen LogP contribution in [0.25, 0.3) is 0 Å². The molecule has 7 nitrogen and oxygen atoms in total. The molecule has 1 fully saturated rings. The first kappa shape index (κ1) is 18.4. The van der Waals surface area contributed by atoms with Crippen LogP contribution in [-0.2, 0) is 6.54 Å². The molecule has 0 unspecified atom stereocenters. The molecule has 2 heterocycles. The molecule has 26 heavy (non-hydrogen) atoms. The molecule has 1 aromatic carbocycles. The third-order valence-corrected chi connectivity index (χ3v) is 4.86. The Kier molecular flexibility index (Phi) is 5.90. The number of rotatable bonds is 6. The number of aryl methyl sites for hydroxylation is 1. The van der Waals surface area contributed by atoms with Gasteiger partial charge in [0.2, 0.25) is 5.95 Å². The molecule has 140 valence electrons. The topological polar surface area (TPSA) is 87.7 Å². The van der Waals surface area contributed by atoms with E-state index in [2.05, 4.69) is 38.8 Å². The molecule has 7 heteroatoms. The van der Waals surface area contributed by atoms with Gasteiger partial charge in [-0.3, -0.25) is 4.90 Å². The molecule has 0 amide bonds. The predicted octanol–water partition coefficient (Wildman–Crippen LogP) is 1.45. The van der Waals surface area contributed by atoms with E-state index in [9.17, 15) is 5.11 Å². The van der Waals surface area contributed by atoms with Crippen molar-refractivity contribution in [2.75, 3.05) is 44.0 Å². The van der Waals surface area contributed by atoms with Gasteiger partial charge in [0.15, 0.2) is 0 Å². The van der Waals surface area contributed by atoms with Gasteiger partial charge in [-0.2, -0.15) is 4.98 Å². The van der Waals surface area contributed by atoms with Gasteiger partial charge in [0.1, 0.15) is 11.6 Å². The first-order chi connectivity index (χ1) is 12.6. The molecular weight excluding hydrogens is 330 g/mol. The number of nitrogen functional groups attached to an aromatic ring is 1. The van der Waals surface area contributed by atoms with Gasteiger partial charge in [0, 0.05) is 45.0 Å². The van der Waals surface area contributed by atoms with Crippen molar-refractivity contribution < 1.29 is 9.84 Å². The highest BCUT2D eigenvalue weighted by atomic mass is 16.5. The summed E-state index contributed by atoms with van der Waals surface area (Å²) >= 11 is 0. The lowest BCUT2D eigenvalue weighted by molar-refractivity contribution is 0.135. The summed E-state index contributed by atoms with van der Waals surface area (Å²) in [6.07, 6.45) is 2.40. The fourth-order valence-corrected chi connectivity index (χ4v) is 3.49. The molecule has 1 aromatic heterocycles. The minimum Gasteiger partial charge on any atom is -0.496 e. The van der Waals surface area contributed by atoms with Crippen LogP contribution in [0.1, 0.15) is 17.5 Å². The number of anilines is 2. The van der Waals surface area contributed by atoms with Crippen LogP contribution in [0.4, 0.5) is 11.8 Å². The van der Waals surface area contributed by atoms with Crippen molar-refractivity contribution in [2.45, 2.75) is 25.9 Å². The number of hydrogen-bond donors (Lipinski definition) is 2. The largest absolute Gasteiger partial charge is 0.496 e. The fourth-order valence-electron chi connectivity index (χ4n) is 3.49. The zero-order chi connectivity index (χ0) is 18.5. The van der Waals surface area contributed by atoms with Crippen molar-refractivity contribution in [1.82, 2.24) is 14.9 Å². The third kappa shape index (κ3) is 4.23. The summed E-state index contributed by atoms with van der Waals surface area (Å²) in [5.74, 6) is 2.04. The minimum atomic E-state index is 0.161. The predicted molar refractivity (Wildman–Crippen MR) is 102 cm³/mol. The number of methoxy groups -OCH3 is 1. The second-order valence-corrected chi connectivity index (χ2v) is 6.67. The number of aliphatic hydroxyl groups is 1. The molecule has 0 spiro atoms. The Hall–Kier alpha value is -2.38. The van der Waals surface area contributed by atoms with Crippen LogP contribution in [0, 0.1) is 6.92 Å². The number of nitrogens with two attached hydrogens (primary N) is 1. The zero-order valence-corrected chi connectivity index (χ0v) is 15.4. The maximum Gasteiger partial charge on any atom is 0.227 e. The van der Waals surface area contributed by atoms with Gasteiger partial charge in [-0.25, -0.2) is 4.98 Å². The summed E-state index contributed by atoms with van der Waals surface area (Å²) in [5.41, 5.74) is 8.17. The smallest absolute Gasteiger partial charge is 0.227 e. The van der Waals surface area contributed by atoms with E-state index in [0.717, 1.165) is 37.5 Å². The Bertz CT molecular complexity index is 740. The average Bonchev–Trinajstić information content (AvgIpc) is 2.63. The van der Waals surface area contributed by atoms with Crippen LogP contribution in [-0.4, -0.2) is 59.4 Å². The number of aromatic nitrogens is 2. The maximum atomic E-state index is 9.50. The van der Waals surface area contributed by atoms with E-state index in [4.69, 9.17) is 10.5 Å². The highest BCUT2D eigenvalue weighted by molar-refractivity contribution is 5.39. The second-order valence-electron chi connectivity index (χ2n) is 6.67. The van der Waals surface area contributed by atoms with Crippen LogP contribution in [0.2, 0.25) is 0 Å². The number of benzene rings is 1. The monoisotopic (exact) mass is 357 g/mol. The Morgan fingerprint density at radius 3 is 2.85 bits per heavy atom. The Balaban J connectivity index is 1.71. The van der Waals surface area contributed by atoms with E-state index in [1.807, 2.05) is 6.07 Å². The second kappa shape index (κ2) is 8.33. The first-order valence-electron chi connectivity index (χ1n) is 8.92. The standard InChI is InChI=1S/C19H27N5O2/c1-14-11-15(3-4-17(14)26-2)12-23-8-9-24(13-16(23)6-10-25)19-21-7-5-18(20)22-19/h3-5,7,11,16,25H,6,8-10,12-13H2,1-2H3,(H2,20,21,22)/t16-/m0/s1. The summed E-state index contributed by atoms with van der Waals surface area (Å²) in [6.45, 7) is 5.56. The van der Waals surface area contributed by atoms with E-state index in [0.29, 0.717) is 18.2 Å². The summed E-state index contributed by atoms with van der Waals surface area (Å²) in [4.78, 5) is 13.2. The number of hydrogen-bond acceptors (Lipinski definition) is 7. The van der Waals surface area contributed by atoms with Crippen LogP contribution in [0.15, 0.2) is 30.5 Å². The normalized spacial score (nSPS) is 18.1. The van der Waals surface area contributed by atoms with Crippen LogP contribution >= 0.6 is 0 Å². The number of piperazine rings is 1. The van der Waals surface area contributed by atoms with Gasteiger partial charge in [0.05, 0.1) is 7.11 Å². The quantitative estimate of drug-likeness (QED) is 0.809. The summed E-state index contributed by atoms with van der Waals surface area (Å²) in [5, 5.41) is 9.50. The van der Waals surface area contributed by atoms with E-state index in [1.165, 1.54) is 5.56 Å². The van der Waals surface area contributed by atoms with Gasteiger partial charge in [-0.05, 0) is 36.6 Å². The van der Waals surface area contributed by atoms with Gasteiger partial charge < -0.3 is 20.5 Å². The SMILES string of the molecule is COc1ccc(CN2CCN(c3nccc(N)n3)C[C@@H]2CCO)cc1C. The molecule has 0 radical (unpaired) electrons. The molecule has 0 bridgehead atoms. The van der Waals surface area contributed by atoms with Crippen molar-refractivity contribution in [1.29, 1.82) is 0 Å². The van der Waals surface area contributed by atoms with E-state index in [1.54, 1.807) is 19.4 Å². The third-order valence-electron chi connectivity index (χ3n) is 4.86. The number of ether oxygens (including phenoxy) is 1. The highest BCUT2D eigenvalue weighted by Crippen LogP contribution is 2.23. The van der Waals surface area contributed by atoms with Crippen molar-refractivity contribution >= 4 is 11.8 Å². The lowest BCUT2D eigenvalue weighted by Gasteiger charge is -2.41. The molecule has 1 atom stereocenters. The lowest BCUT2D eigenvalue weighted by Crippen LogP contribution is -2.53. The van der Waals surface area contributed by atoms with Crippen molar-refractivity contribution in [2.24, 2.45) is 0 Å². The summed E-state index contributed by atoms with van der Waals surface area (Å²) in [7, 11) is 1.69. The molecule has 2 aromatic rings. The molecule has 0 aliphatic carbocycles. The van der Waals surface area contributed by atoms with Gasteiger partial charge in [-0.1, -0.05) is 12.1 Å². The molecule has 1 aliphatic heterocycles. The van der Waals surface area contributed by atoms with Crippen molar-refractivity contribution in [3.8, 4) is 5.75 Å². The molecular formula is C19H27N5O2. The Morgan fingerprint density at radius 1 is 1.31 bits per heavy atom. The average molecular weight is 357 g/mol. The zero-order valence-electron chi connectivity index (χ0n) is 15.4. The molecule has 1 aliphatic rings. The number of nitrogens with zero attached hydrogens (tertiary/aromatic N) is 4. The van der Waals surface area contributed by atoms with Crippen LogP contribution in [0.5, 0.6) is 5.75 Å². The van der Waals surface area contributed by atoms with E-state index < -0.39 is 0 Å². The van der Waals surface area contributed by atoms with E-state index in [-0.39, 0.29) is 12.6 Å². The van der Waals surface area contributed by atoms with Crippen LogP contribution < -0.4 is 15.4 Å². The van der Waals surface area contributed by atoms with Gasteiger partial charge in [-0.15, -0.1) is 0 Å². The Labute approximate surface area is 154 Å². The molecule has 0 saturated carbocycles. The molecule has 3 rings (SSSR count). The van der Waals surface area contributed by atoms with Gasteiger partial charge >= 0.3 is 0 Å². The lowest BCUT2D eigenvalue weighted by atomic mass is 10.1. The van der Waals surface area contributed by atoms with Crippen LogP contribution in [0.3, 0.4) is 0 Å². The first-order valence-corrected chi connectivity index (χ1v) is 8.92. The molecule has 1 saturated heterocycles. The fraction of sp³-hybridized carbons (Fsp3) is 0.474. The van der Waals surface area contributed by atoms with E-state index >= 15 is 0 Å².